The summed E-state index contributed by atoms with van der Waals surface area (Å²) in [5.74, 6) is 0.340. The van der Waals surface area contributed by atoms with E-state index in [2.05, 4.69) is 33.4 Å². The van der Waals surface area contributed by atoms with Crippen LogP contribution in [0.15, 0.2) is 76.3 Å². The predicted octanol–water partition coefficient (Wildman–Crippen LogP) is 4.77. The lowest BCUT2D eigenvalue weighted by atomic mass is 10.2. The number of halogens is 1. The molecule has 3 rings (SSSR count). The standard InChI is InChI=1S/C25H23BrN2O5/c1-3-17-7-10-21(11-8-17)32-16-24(29)28-27-15-18-9-12-22(23(13-18)31-2)33-25(30)19-5-4-6-20(26)14-19/h4-15H,3,16H2,1-2H3,(H,28,29). The third-order valence-corrected chi connectivity index (χ3v) is 5.05. The Labute approximate surface area is 200 Å². The summed E-state index contributed by atoms with van der Waals surface area (Å²) >= 11 is 3.33. The van der Waals surface area contributed by atoms with Gasteiger partial charge >= 0.3 is 5.97 Å². The molecule has 0 aliphatic heterocycles. The highest BCUT2D eigenvalue weighted by Crippen LogP contribution is 2.28. The van der Waals surface area contributed by atoms with Crippen molar-refractivity contribution in [3.05, 3.63) is 87.9 Å². The Kier molecular flexibility index (Phi) is 8.60. The largest absolute Gasteiger partial charge is 0.493 e. The molecule has 7 nitrogen and oxygen atoms in total. The summed E-state index contributed by atoms with van der Waals surface area (Å²) in [7, 11) is 1.47. The first-order chi connectivity index (χ1) is 16.0. The second-order valence-corrected chi connectivity index (χ2v) is 7.81. The number of nitrogens with one attached hydrogen (secondary N) is 1. The third kappa shape index (κ3) is 7.18. The summed E-state index contributed by atoms with van der Waals surface area (Å²) < 4.78 is 17.0. The maximum absolute atomic E-state index is 12.4. The number of ether oxygens (including phenoxy) is 3. The van der Waals surface area contributed by atoms with E-state index in [1.807, 2.05) is 30.3 Å². The molecule has 0 atom stereocenters. The summed E-state index contributed by atoms with van der Waals surface area (Å²) in [5, 5.41) is 3.93. The lowest BCUT2D eigenvalue weighted by Gasteiger charge is -2.10. The van der Waals surface area contributed by atoms with E-state index in [0.717, 1.165) is 10.9 Å². The first-order valence-corrected chi connectivity index (χ1v) is 11.0. The highest BCUT2D eigenvalue weighted by molar-refractivity contribution is 9.10. The van der Waals surface area contributed by atoms with E-state index in [0.29, 0.717) is 22.6 Å². The minimum Gasteiger partial charge on any atom is -0.493 e. The maximum atomic E-state index is 12.4. The van der Waals surface area contributed by atoms with Gasteiger partial charge in [0, 0.05) is 4.47 Å². The van der Waals surface area contributed by atoms with Crippen LogP contribution in [-0.2, 0) is 11.2 Å². The fourth-order valence-electron chi connectivity index (χ4n) is 2.80. The van der Waals surface area contributed by atoms with Crippen LogP contribution in [0.5, 0.6) is 17.2 Å². The van der Waals surface area contributed by atoms with Crippen LogP contribution in [0.1, 0.15) is 28.4 Å². The molecule has 33 heavy (non-hydrogen) atoms. The van der Waals surface area contributed by atoms with Crippen molar-refractivity contribution in [1.29, 1.82) is 0 Å². The summed E-state index contributed by atoms with van der Waals surface area (Å²) in [4.78, 5) is 24.3. The first-order valence-electron chi connectivity index (χ1n) is 10.2. The highest BCUT2D eigenvalue weighted by atomic mass is 79.9. The van der Waals surface area contributed by atoms with Crippen LogP contribution in [0, 0.1) is 0 Å². The van der Waals surface area contributed by atoms with Gasteiger partial charge in [0.2, 0.25) is 0 Å². The number of hydrogen-bond acceptors (Lipinski definition) is 6. The Morgan fingerprint density at radius 1 is 1.03 bits per heavy atom. The molecule has 170 valence electrons. The Bertz CT molecular complexity index is 1150. The molecule has 0 unspecified atom stereocenters. The van der Waals surface area contributed by atoms with Crippen molar-refractivity contribution >= 4 is 34.0 Å². The van der Waals surface area contributed by atoms with E-state index >= 15 is 0 Å². The Hall–Kier alpha value is -3.65. The number of esters is 1. The van der Waals surface area contributed by atoms with E-state index in [4.69, 9.17) is 14.2 Å². The van der Waals surface area contributed by atoms with Crippen LogP contribution < -0.4 is 19.6 Å². The number of methoxy groups -OCH3 is 1. The molecule has 0 heterocycles. The number of hydrogen-bond donors (Lipinski definition) is 1. The smallest absolute Gasteiger partial charge is 0.343 e. The van der Waals surface area contributed by atoms with Gasteiger partial charge in [-0.2, -0.15) is 5.10 Å². The zero-order chi connectivity index (χ0) is 23.6. The topological polar surface area (TPSA) is 86.2 Å². The van der Waals surface area contributed by atoms with Crippen molar-refractivity contribution in [1.82, 2.24) is 5.43 Å². The molecule has 0 aliphatic carbocycles. The summed E-state index contributed by atoms with van der Waals surface area (Å²) in [6.45, 7) is 1.91. The molecule has 0 saturated carbocycles. The first kappa shape index (κ1) is 24.0. The zero-order valence-corrected chi connectivity index (χ0v) is 19.8. The highest BCUT2D eigenvalue weighted by Gasteiger charge is 2.13. The number of amides is 1. The molecule has 0 fully saturated rings. The van der Waals surface area contributed by atoms with Crippen LogP contribution in [-0.4, -0.2) is 31.8 Å². The third-order valence-electron chi connectivity index (χ3n) is 4.56. The number of hydrazone groups is 1. The van der Waals surface area contributed by atoms with Gasteiger partial charge in [-0.25, -0.2) is 10.2 Å². The van der Waals surface area contributed by atoms with Gasteiger partial charge in [-0.05, 0) is 66.1 Å². The fraction of sp³-hybridized carbons (Fsp3) is 0.160. The molecule has 0 spiro atoms. The monoisotopic (exact) mass is 510 g/mol. The van der Waals surface area contributed by atoms with Crippen molar-refractivity contribution in [3.8, 4) is 17.2 Å². The molecule has 8 heteroatoms. The second kappa shape index (κ2) is 11.8. The van der Waals surface area contributed by atoms with Crippen LogP contribution >= 0.6 is 15.9 Å². The van der Waals surface area contributed by atoms with Crippen molar-refractivity contribution in [2.24, 2.45) is 5.10 Å². The van der Waals surface area contributed by atoms with Gasteiger partial charge in [-0.1, -0.05) is 41.1 Å². The van der Waals surface area contributed by atoms with Gasteiger partial charge in [0.1, 0.15) is 5.75 Å². The predicted molar refractivity (Wildman–Crippen MR) is 129 cm³/mol. The molecule has 0 aromatic heterocycles. The molecule has 3 aromatic rings. The second-order valence-electron chi connectivity index (χ2n) is 6.89. The van der Waals surface area contributed by atoms with Crippen molar-refractivity contribution in [2.75, 3.05) is 13.7 Å². The fourth-order valence-corrected chi connectivity index (χ4v) is 3.20. The molecule has 0 radical (unpaired) electrons. The number of aryl methyl sites for hydroxylation is 1. The van der Waals surface area contributed by atoms with Crippen molar-refractivity contribution in [2.45, 2.75) is 13.3 Å². The molecule has 0 bridgehead atoms. The van der Waals surface area contributed by atoms with E-state index in [-0.39, 0.29) is 12.4 Å². The van der Waals surface area contributed by atoms with E-state index in [9.17, 15) is 9.59 Å². The van der Waals surface area contributed by atoms with Crippen LogP contribution in [0.4, 0.5) is 0 Å². The summed E-state index contributed by atoms with van der Waals surface area (Å²) in [5.41, 5.74) is 4.65. The molecule has 0 aliphatic rings. The Morgan fingerprint density at radius 3 is 2.52 bits per heavy atom. The number of carbonyl (C=O) groups excluding carboxylic acids is 2. The number of nitrogens with zero attached hydrogens (tertiary/aromatic N) is 1. The van der Waals surface area contributed by atoms with Gasteiger partial charge in [0.15, 0.2) is 18.1 Å². The minimum absolute atomic E-state index is 0.156. The minimum atomic E-state index is -0.507. The van der Waals surface area contributed by atoms with Gasteiger partial charge in [0.05, 0.1) is 18.9 Å². The average Bonchev–Trinajstić information content (AvgIpc) is 2.83. The summed E-state index contributed by atoms with van der Waals surface area (Å²) in [6.07, 6.45) is 2.39. The normalized spacial score (nSPS) is 10.6. The van der Waals surface area contributed by atoms with E-state index < -0.39 is 11.9 Å². The lowest BCUT2D eigenvalue weighted by Crippen LogP contribution is -2.24. The molecule has 3 aromatic carbocycles. The van der Waals surface area contributed by atoms with Crippen molar-refractivity contribution < 1.29 is 23.8 Å². The number of rotatable bonds is 9. The number of carbonyl (C=O) groups is 2. The quantitative estimate of drug-likeness (QED) is 0.194. The van der Waals surface area contributed by atoms with Crippen molar-refractivity contribution in [3.63, 3.8) is 0 Å². The molecule has 0 saturated heterocycles. The Balaban J connectivity index is 1.55. The van der Waals surface area contributed by atoms with Gasteiger partial charge in [0.25, 0.3) is 5.91 Å². The van der Waals surface area contributed by atoms with E-state index in [1.54, 1.807) is 36.4 Å². The van der Waals surface area contributed by atoms with Crippen LogP contribution in [0.2, 0.25) is 0 Å². The van der Waals surface area contributed by atoms with Gasteiger partial charge in [-0.15, -0.1) is 0 Å². The molecule has 1 amide bonds. The van der Waals surface area contributed by atoms with Gasteiger partial charge in [-0.3, -0.25) is 4.79 Å². The Morgan fingerprint density at radius 2 is 1.82 bits per heavy atom. The van der Waals surface area contributed by atoms with Crippen LogP contribution in [0.25, 0.3) is 0 Å². The zero-order valence-electron chi connectivity index (χ0n) is 18.2. The maximum Gasteiger partial charge on any atom is 0.343 e. The van der Waals surface area contributed by atoms with Gasteiger partial charge < -0.3 is 14.2 Å². The van der Waals surface area contributed by atoms with E-state index in [1.165, 1.54) is 18.9 Å². The van der Waals surface area contributed by atoms with Crippen LogP contribution in [0.3, 0.4) is 0 Å². The lowest BCUT2D eigenvalue weighted by molar-refractivity contribution is -0.123. The number of benzene rings is 3. The summed E-state index contributed by atoms with van der Waals surface area (Å²) in [6, 6.07) is 19.4. The average molecular weight is 511 g/mol. The molecular formula is C25H23BrN2O5. The molecular weight excluding hydrogens is 488 g/mol. The SMILES string of the molecule is CCc1ccc(OCC(=O)NN=Cc2ccc(OC(=O)c3cccc(Br)c3)c(OC)c2)cc1. The molecule has 1 N–H and O–H groups in total.